The number of hydrogen-bond donors (Lipinski definition) is 1. The molecule has 1 heterocycles. The Balaban J connectivity index is 1.69. The largest absolute Gasteiger partial charge is 0.493 e. The lowest BCUT2D eigenvalue weighted by atomic mass is 10.0. The van der Waals surface area contributed by atoms with Crippen molar-refractivity contribution >= 4 is 5.97 Å². The highest BCUT2D eigenvalue weighted by Gasteiger charge is 2.24. The number of aromatic carboxylic acids is 1. The van der Waals surface area contributed by atoms with Crippen molar-refractivity contribution in [3.05, 3.63) is 59.2 Å². The van der Waals surface area contributed by atoms with Crippen LogP contribution in [-0.2, 0) is 0 Å². The zero-order valence-corrected chi connectivity index (χ0v) is 11.7. The maximum atomic E-state index is 11.0. The third kappa shape index (κ3) is 2.70. The first kappa shape index (κ1) is 13.5. The van der Waals surface area contributed by atoms with Gasteiger partial charge in [0.1, 0.15) is 11.5 Å². The first-order valence-corrected chi connectivity index (χ1v) is 6.83. The average Bonchev–Trinajstić information content (AvgIpc) is 2.88. The van der Waals surface area contributed by atoms with E-state index in [-0.39, 0.29) is 5.92 Å². The van der Waals surface area contributed by atoms with Crippen LogP contribution in [0, 0.1) is 6.92 Å². The summed E-state index contributed by atoms with van der Waals surface area (Å²) in [4.78, 5) is 11.0. The van der Waals surface area contributed by atoms with Crippen LogP contribution in [0.5, 0.6) is 11.5 Å². The molecule has 1 N–H and O–H groups in total. The minimum atomic E-state index is -0.919. The molecule has 0 spiro atoms. The van der Waals surface area contributed by atoms with E-state index in [1.807, 2.05) is 18.2 Å². The van der Waals surface area contributed by atoms with Gasteiger partial charge in [-0.3, -0.25) is 0 Å². The standard InChI is InChI=1S/C17H16O4/c1-11-8-13(6-7-14(11)17(18)19)20-9-12-10-21-16-5-3-2-4-15(12)16/h2-8,12H,9-10H2,1H3,(H,18,19). The number of carboxylic acids is 1. The number of carboxylic acid groups (broad SMARTS) is 1. The molecule has 108 valence electrons. The van der Waals surface area contributed by atoms with E-state index in [2.05, 4.69) is 6.07 Å². The summed E-state index contributed by atoms with van der Waals surface area (Å²) in [6, 6.07) is 13.0. The molecule has 1 aliphatic rings. The first-order chi connectivity index (χ1) is 10.1. The highest BCUT2D eigenvalue weighted by Crippen LogP contribution is 2.33. The number of fused-ring (bicyclic) bond motifs is 1. The fourth-order valence-electron chi connectivity index (χ4n) is 2.53. The van der Waals surface area contributed by atoms with Gasteiger partial charge in [0.2, 0.25) is 0 Å². The molecule has 0 fully saturated rings. The van der Waals surface area contributed by atoms with Crippen molar-refractivity contribution in [1.82, 2.24) is 0 Å². The molecule has 4 heteroatoms. The second kappa shape index (κ2) is 5.48. The number of benzene rings is 2. The summed E-state index contributed by atoms with van der Waals surface area (Å²) in [6.07, 6.45) is 0. The van der Waals surface area contributed by atoms with E-state index in [1.54, 1.807) is 25.1 Å². The van der Waals surface area contributed by atoms with Gasteiger partial charge in [-0.1, -0.05) is 18.2 Å². The molecule has 0 aliphatic carbocycles. The summed E-state index contributed by atoms with van der Waals surface area (Å²) in [5.41, 5.74) is 2.16. The molecule has 1 aliphatic heterocycles. The molecule has 21 heavy (non-hydrogen) atoms. The summed E-state index contributed by atoms with van der Waals surface area (Å²) < 4.78 is 11.4. The Hall–Kier alpha value is -2.49. The van der Waals surface area contributed by atoms with Crippen molar-refractivity contribution in [2.45, 2.75) is 12.8 Å². The summed E-state index contributed by atoms with van der Waals surface area (Å²) in [5.74, 6) is 0.892. The van der Waals surface area contributed by atoms with Crippen molar-refractivity contribution in [1.29, 1.82) is 0 Å². The van der Waals surface area contributed by atoms with Crippen LogP contribution >= 0.6 is 0 Å². The van der Waals surface area contributed by atoms with Crippen LogP contribution in [0.1, 0.15) is 27.4 Å². The van der Waals surface area contributed by atoms with Gasteiger partial charge in [0.05, 0.1) is 24.7 Å². The zero-order valence-electron chi connectivity index (χ0n) is 11.7. The van der Waals surface area contributed by atoms with E-state index in [0.717, 1.165) is 11.3 Å². The third-order valence-electron chi connectivity index (χ3n) is 3.68. The number of aryl methyl sites for hydroxylation is 1. The van der Waals surface area contributed by atoms with Crippen molar-refractivity contribution in [3.8, 4) is 11.5 Å². The molecule has 3 rings (SSSR count). The van der Waals surface area contributed by atoms with Crippen LogP contribution in [0.3, 0.4) is 0 Å². The van der Waals surface area contributed by atoms with E-state index in [4.69, 9.17) is 14.6 Å². The van der Waals surface area contributed by atoms with E-state index in [9.17, 15) is 4.79 Å². The molecule has 0 saturated heterocycles. The Morgan fingerprint density at radius 1 is 1.33 bits per heavy atom. The molecule has 0 aromatic heterocycles. The normalized spacial score (nSPS) is 16.1. The topological polar surface area (TPSA) is 55.8 Å². The number of carbonyl (C=O) groups is 1. The van der Waals surface area contributed by atoms with Gasteiger partial charge in [0.15, 0.2) is 0 Å². The van der Waals surface area contributed by atoms with Gasteiger partial charge in [-0.05, 0) is 36.8 Å². The smallest absolute Gasteiger partial charge is 0.335 e. The molecular formula is C17H16O4. The quantitative estimate of drug-likeness (QED) is 0.936. The Kier molecular flexibility index (Phi) is 3.52. The maximum Gasteiger partial charge on any atom is 0.335 e. The Bertz CT molecular complexity index is 678. The fraction of sp³-hybridized carbons (Fsp3) is 0.235. The van der Waals surface area contributed by atoms with Gasteiger partial charge in [0.25, 0.3) is 0 Å². The molecule has 0 bridgehead atoms. The molecule has 1 unspecified atom stereocenters. The minimum absolute atomic E-state index is 0.209. The predicted molar refractivity (Wildman–Crippen MR) is 78.3 cm³/mol. The van der Waals surface area contributed by atoms with Gasteiger partial charge in [0, 0.05) is 5.56 Å². The van der Waals surface area contributed by atoms with Gasteiger partial charge >= 0.3 is 5.97 Å². The van der Waals surface area contributed by atoms with Crippen LogP contribution in [0.15, 0.2) is 42.5 Å². The molecule has 1 atom stereocenters. The van der Waals surface area contributed by atoms with Gasteiger partial charge < -0.3 is 14.6 Å². The van der Waals surface area contributed by atoms with E-state index in [1.165, 1.54) is 0 Å². The van der Waals surface area contributed by atoms with Gasteiger partial charge in [-0.15, -0.1) is 0 Å². The molecular weight excluding hydrogens is 268 g/mol. The Morgan fingerprint density at radius 3 is 2.90 bits per heavy atom. The predicted octanol–water partition coefficient (Wildman–Crippen LogP) is 3.25. The lowest BCUT2D eigenvalue weighted by molar-refractivity contribution is 0.0696. The molecule has 4 nitrogen and oxygen atoms in total. The minimum Gasteiger partial charge on any atom is -0.493 e. The average molecular weight is 284 g/mol. The molecule has 2 aromatic rings. The van der Waals surface area contributed by atoms with Crippen LogP contribution in [0.4, 0.5) is 0 Å². The van der Waals surface area contributed by atoms with Crippen LogP contribution in [0.2, 0.25) is 0 Å². The maximum absolute atomic E-state index is 11.0. The second-order valence-electron chi connectivity index (χ2n) is 5.14. The summed E-state index contributed by atoms with van der Waals surface area (Å²) in [6.45, 7) is 2.90. The number of rotatable bonds is 4. The van der Waals surface area contributed by atoms with Crippen molar-refractivity contribution in [2.24, 2.45) is 0 Å². The highest BCUT2D eigenvalue weighted by molar-refractivity contribution is 5.89. The van der Waals surface area contributed by atoms with E-state index in [0.29, 0.717) is 30.1 Å². The fourth-order valence-corrected chi connectivity index (χ4v) is 2.53. The Morgan fingerprint density at radius 2 is 2.14 bits per heavy atom. The molecule has 0 radical (unpaired) electrons. The van der Waals surface area contributed by atoms with Gasteiger partial charge in [-0.25, -0.2) is 4.79 Å². The second-order valence-corrected chi connectivity index (χ2v) is 5.14. The molecule has 0 amide bonds. The van der Waals surface area contributed by atoms with Crippen LogP contribution in [0.25, 0.3) is 0 Å². The first-order valence-electron chi connectivity index (χ1n) is 6.83. The lowest BCUT2D eigenvalue weighted by Gasteiger charge is -2.12. The van der Waals surface area contributed by atoms with Crippen molar-refractivity contribution in [2.75, 3.05) is 13.2 Å². The Labute approximate surface area is 122 Å². The molecule has 2 aromatic carbocycles. The summed E-state index contributed by atoms with van der Waals surface area (Å²) in [7, 11) is 0. The van der Waals surface area contributed by atoms with Crippen molar-refractivity contribution in [3.63, 3.8) is 0 Å². The summed E-state index contributed by atoms with van der Waals surface area (Å²) in [5, 5.41) is 9.01. The van der Waals surface area contributed by atoms with Crippen molar-refractivity contribution < 1.29 is 19.4 Å². The van der Waals surface area contributed by atoms with Crippen LogP contribution < -0.4 is 9.47 Å². The zero-order chi connectivity index (χ0) is 14.8. The highest BCUT2D eigenvalue weighted by atomic mass is 16.5. The van der Waals surface area contributed by atoms with E-state index >= 15 is 0 Å². The SMILES string of the molecule is Cc1cc(OCC2COc3ccccc32)ccc1C(=O)O. The monoisotopic (exact) mass is 284 g/mol. The third-order valence-corrected chi connectivity index (χ3v) is 3.68. The van der Waals surface area contributed by atoms with E-state index < -0.39 is 5.97 Å². The number of para-hydroxylation sites is 1. The van der Waals surface area contributed by atoms with Gasteiger partial charge in [-0.2, -0.15) is 0 Å². The van der Waals surface area contributed by atoms with Crippen LogP contribution in [-0.4, -0.2) is 24.3 Å². The number of ether oxygens (including phenoxy) is 2. The molecule has 0 saturated carbocycles. The summed E-state index contributed by atoms with van der Waals surface area (Å²) >= 11 is 0. The lowest BCUT2D eigenvalue weighted by Crippen LogP contribution is -2.12. The number of hydrogen-bond acceptors (Lipinski definition) is 3.